The Hall–Kier alpha value is 0.700. The molecule has 0 unspecified atom stereocenters. The molecule has 0 amide bonds. The second-order valence-corrected chi connectivity index (χ2v) is 5.02. The highest BCUT2D eigenvalue weighted by Crippen LogP contribution is 2.43. The maximum Gasteiger partial charge on any atom is 0.0571 e. The highest BCUT2D eigenvalue weighted by atomic mass is 32.2. The fourth-order valence-electron chi connectivity index (χ4n) is 1.10. The van der Waals surface area contributed by atoms with E-state index in [0.29, 0.717) is 0 Å². The van der Waals surface area contributed by atoms with Gasteiger partial charge in [-0.3, -0.25) is 0 Å². The Morgan fingerprint density at radius 2 is 1.70 bits per heavy atom. The van der Waals surface area contributed by atoms with Crippen molar-refractivity contribution in [3.63, 3.8) is 0 Å². The van der Waals surface area contributed by atoms with E-state index >= 15 is 0 Å². The molecule has 1 aliphatic heterocycles. The van der Waals surface area contributed by atoms with Crippen LogP contribution in [0.2, 0.25) is 0 Å². The molecular formula is C8H9S2. The van der Waals surface area contributed by atoms with Crippen LogP contribution in [0.4, 0.5) is 0 Å². The lowest BCUT2D eigenvalue weighted by Crippen LogP contribution is -2.04. The standard InChI is InChI=1S/C8H9S2/c1-2-4-7(3-1)8-9-5-6-10-8/h1-4,8H,5-6H2. The maximum atomic E-state index is 2.22. The second kappa shape index (κ2) is 3.40. The van der Waals surface area contributed by atoms with Gasteiger partial charge in [-0.2, -0.15) is 0 Å². The van der Waals surface area contributed by atoms with Crippen molar-refractivity contribution in [1.82, 2.24) is 0 Å². The quantitative estimate of drug-likeness (QED) is 0.590. The van der Waals surface area contributed by atoms with Gasteiger partial charge in [0.25, 0.3) is 0 Å². The molecule has 0 atom stereocenters. The SMILES string of the molecule is [CH]1[CH][CH][C](C2SCCS2)[CH]1. The molecule has 0 aromatic rings. The van der Waals surface area contributed by atoms with Crippen LogP contribution in [0, 0.1) is 31.6 Å². The van der Waals surface area contributed by atoms with E-state index in [1.807, 2.05) is 0 Å². The zero-order chi connectivity index (χ0) is 6.81. The van der Waals surface area contributed by atoms with Gasteiger partial charge in [0, 0.05) is 17.4 Å². The van der Waals surface area contributed by atoms with Crippen LogP contribution < -0.4 is 0 Å². The Kier molecular flexibility index (Phi) is 2.50. The largest absolute Gasteiger partial charge is 0.146 e. The van der Waals surface area contributed by atoms with Gasteiger partial charge in [0.05, 0.1) is 4.58 Å². The number of rotatable bonds is 1. The fraction of sp³-hybridized carbons (Fsp3) is 0.375. The first-order chi connectivity index (χ1) is 4.97. The lowest BCUT2D eigenvalue weighted by Gasteiger charge is -2.13. The Bertz CT molecular complexity index is 87.8. The first-order valence-electron chi connectivity index (χ1n) is 3.41. The van der Waals surface area contributed by atoms with Gasteiger partial charge >= 0.3 is 0 Å². The first kappa shape index (κ1) is 7.35. The van der Waals surface area contributed by atoms with E-state index in [1.165, 1.54) is 17.4 Å². The van der Waals surface area contributed by atoms with Crippen molar-refractivity contribution >= 4 is 23.5 Å². The summed E-state index contributed by atoms with van der Waals surface area (Å²) in [6, 6.07) is 0. The summed E-state index contributed by atoms with van der Waals surface area (Å²) in [6.07, 6.45) is 8.68. The predicted octanol–water partition coefficient (Wildman–Crippen LogP) is 2.20. The van der Waals surface area contributed by atoms with Crippen LogP contribution in [0.5, 0.6) is 0 Å². The highest BCUT2D eigenvalue weighted by molar-refractivity contribution is 8.20. The molecule has 0 aromatic heterocycles. The fourth-order valence-corrected chi connectivity index (χ4v) is 3.96. The van der Waals surface area contributed by atoms with E-state index in [2.05, 4.69) is 49.2 Å². The number of thioether (sulfide) groups is 2. The normalized spacial score (nSPS) is 30.0. The average molecular weight is 169 g/mol. The molecule has 5 radical (unpaired) electrons. The summed E-state index contributed by atoms with van der Waals surface area (Å²) < 4.78 is 0.731. The molecule has 53 valence electrons. The molecule has 1 aliphatic carbocycles. The molecule has 1 heterocycles. The summed E-state index contributed by atoms with van der Waals surface area (Å²) in [5, 5.41) is 0. The van der Waals surface area contributed by atoms with Crippen LogP contribution in [0.3, 0.4) is 0 Å². The topological polar surface area (TPSA) is 0 Å². The minimum atomic E-state index is 0.731. The van der Waals surface area contributed by atoms with Gasteiger partial charge in [0.2, 0.25) is 0 Å². The minimum Gasteiger partial charge on any atom is -0.146 e. The molecule has 0 N–H and O–H groups in total. The van der Waals surface area contributed by atoms with Crippen molar-refractivity contribution in [3.05, 3.63) is 31.6 Å². The smallest absolute Gasteiger partial charge is 0.0571 e. The van der Waals surface area contributed by atoms with Crippen molar-refractivity contribution in [2.24, 2.45) is 0 Å². The van der Waals surface area contributed by atoms with Crippen LogP contribution in [0.1, 0.15) is 0 Å². The van der Waals surface area contributed by atoms with Crippen molar-refractivity contribution < 1.29 is 0 Å². The van der Waals surface area contributed by atoms with Crippen molar-refractivity contribution in [1.29, 1.82) is 0 Å². The van der Waals surface area contributed by atoms with Gasteiger partial charge in [-0.05, 0) is 25.7 Å². The summed E-state index contributed by atoms with van der Waals surface area (Å²) in [5.74, 6) is 4.13. The zero-order valence-electron chi connectivity index (χ0n) is 5.62. The van der Waals surface area contributed by atoms with Gasteiger partial charge in [0.15, 0.2) is 0 Å². The molecule has 10 heavy (non-hydrogen) atoms. The van der Waals surface area contributed by atoms with E-state index in [4.69, 9.17) is 0 Å². The third-order valence-corrected chi connectivity index (χ3v) is 4.69. The first-order valence-corrected chi connectivity index (χ1v) is 5.51. The molecule has 0 spiro atoms. The zero-order valence-corrected chi connectivity index (χ0v) is 7.25. The Labute approximate surface area is 71.5 Å². The third kappa shape index (κ3) is 1.48. The predicted molar refractivity (Wildman–Crippen MR) is 49.1 cm³/mol. The van der Waals surface area contributed by atoms with Gasteiger partial charge < -0.3 is 0 Å². The van der Waals surface area contributed by atoms with Crippen LogP contribution >= 0.6 is 23.5 Å². The summed E-state index contributed by atoms with van der Waals surface area (Å²) >= 11 is 4.13. The van der Waals surface area contributed by atoms with E-state index in [1.54, 1.807) is 0 Å². The van der Waals surface area contributed by atoms with Gasteiger partial charge in [0.1, 0.15) is 0 Å². The van der Waals surface area contributed by atoms with Crippen molar-refractivity contribution in [2.45, 2.75) is 4.58 Å². The lowest BCUT2D eigenvalue weighted by molar-refractivity contribution is 1.22. The van der Waals surface area contributed by atoms with Crippen LogP contribution in [-0.4, -0.2) is 16.1 Å². The average Bonchev–Trinajstić information content (AvgIpc) is 2.59. The third-order valence-electron chi connectivity index (χ3n) is 1.58. The lowest BCUT2D eigenvalue weighted by atomic mass is 10.1. The van der Waals surface area contributed by atoms with Crippen LogP contribution in [-0.2, 0) is 0 Å². The summed E-state index contributed by atoms with van der Waals surface area (Å²) in [7, 11) is 0. The second-order valence-electron chi connectivity index (χ2n) is 2.29. The van der Waals surface area contributed by atoms with Crippen LogP contribution in [0.15, 0.2) is 0 Å². The summed E-state index contributed by atoms with van der Waals surface area (Å²) in [5.41, 5.74) is 0. The summed E-state index contributed by atoms with van der Waals surface area (Å²) in [4.78, 5) is 0. The molecule has 0 nitrogen and oxygen atoms in total. The molecule has 0 bridgehead atoms. The molecule has 0 aromatic carbocycles. The van der Waals surface area contributed by atoms with Crippen molar-refractivity contribution in [2.75, 3.05) is 11.5 Å². The minimum absolute atomic E-state index is 0.731. The van der Waals surface area contributed by atoms with Crippen LogP contribution in [0.25, 0.3) is 0 Å². The Morgan fingerprint density at radius 1 is 1.10 bits per heavy atom. The Balaban J connectivity index is 1.85. The molecular weight excluding hydrogens is 160 g/mol. The molecule has 1 saturated heterocycles. The van der Waals surface area contributed by atoms with Gasteiger partial charge in [-0.1, -0.05) is 0 Å². The van der Waals surface area contributed by atoms with E-state index < -0.39 is 0 Å². The molecule has 2 heteroatoms. The molecule has 2 fully saturated rings. The molecule has 2 aliphatic rings. The van der Waals surface area contributed by atoms with Gasteiger partial charge in [-0.15, -0.1) is 23.5 Å². The number of hydrogen-bond acceptors (Lipinski definition) is 2. The van der Waals surface area contributed by atoms with Crippen molar-refractivity contribution in [3.8, 4) is 0 Å². The van der Waals surface area contributed by atoms with E-state index in [-0.39, 0.29) is 0 Å². The monoisotopic (exact) mass is 169 g/mol. The summed E-state index contributed by atoms with van der Waals surface area (Å²) in [6.45, 7) is 0. The highest BCUT2D eigenvalue weighted by Gasteiger charge is 2.29. The van der Waals surface area contributed by atoms with E-state index in [0.717, 1.165) is 4.58 Å². The van der Waals surface area contributed by atoms with E-state index in [9.17, 15) is 0 Å². The molecule has 1 saturated carbocycles. The molecule has 2 rings (SSSR count). The Morgan fingerprint density at radius 3 is 2.30 bits per heavy atom. The number of hydrogen-bond donors (Lipinski definition) is 0. The van der Waals surface area contributed by atoms with Gasteiger partial charge in [-0.25, -0.2) is 0 Å². The maximum absolute atomic E-state index is 2.22.